The maximum absolute atomic E-state index is 11.5. The zero-order valence-corrected chi connectivity index (χ0v) is 13.1. The van der Waals surface area contributed by atoms with Gasteiger partial charge in [0.25, 0.3) is 0 Å². The van der Waals surface area contributed by atoms with Crippen LogP contribution in [-0.2, 0) is 4.74 Å². The molecule has 20 heavy (non-hydrogen) atoms. The Labute approximate surface area is 121 Å². The second-order valence-corrected chi connectivity index (χ2v) is 5.69. The van der Waals surface area contributed by atoms with Gasteiger partial charge in [-0.3, -0.25) is 0 Å². The molecule has 4 nitrogen and oxygen atoms in total. The Morgan fingerprint density at radius 3 is 2.35 bits per heavy atom. The fourth-order valence-corrected chi connectivity index (χ4v) is 2.30. The molecule has 1 heterocycles. The predicted octanol–water partition coefficient (Wildman–Crippen LogP) is 3.60. The van der Waals surface area contributed by atoms with E-state index in [9.17, 15) is 4.79 Å². The van der Waals surface area contributed by atoms with Crippen LogP contribution in [0.25, 0.3) is 0 Å². The predicted molar refractivity (Wildman–Crippen MR) is 81.8 cm³/mol. The van der Waals surface area contributed by atoms with Crippen molar-refractivity contribution >= 4 is 11.8 Å². The van der Waals surface area contributed by atoms with E-state index in [1.165, 1.54) is 0 Å². The molecule has 0 saturated heterocycles. The third-order valence-corrected chi connectivity index (χ3v) is 3.51. The number of nitrogens with one attached hydrogen (secondary N) is 1. The largest absolute Gasteiger partial charge is 0.462 e. The topological polar surface area (TPSA) is 51.2 Å². The van der Waals surface area contributed by atoms with Gasteiger partial charge in [0, 0.05) is 12.7 Å². The van der Waals surface area contributed by atoms with Crippen molar-refractivity contribution in [3.05, 3.63) is 23.9 Å². The van der Waals surface area contributed by atoms with Gasteiger partial charge >= 0.3 is 5.97 Å². The van der Waals surface area contributed by atoms with E-state index in [0.29, 0.717) is 29.9 Å². The third kappa shape index (κ3) is 4.83. The molecule has 0 bridgehead atoms. The Bertz CT molecular complexity index is 405. The van der Waals surface area contributed by atoms with Crippen LogP contribution in [0.1, 0.15) is 45.0 Å². The number of esters is 1. The minimum atomic E-state index is -0.325. The van der Waals surface area contributed by atoms with Gasteiger partial charge in [0.1, 0.15) is 5.82 Å². The molecule has 0 aromatic carbocycles. The Hall–Kier alpha value is -1.58. The second-order valence-electron chi connectivity index (χ2n) is 5.69. The van der Waals surface area contributed by atoms with Crippen LogP contribution in [0.15, 0.2) is 18.3 Å². The van der Waals surface area contributed by atoms with E-state index < -0.39 is 0 Å². The van der Waals surface area contributed by atoms with Crippen molar-refractivity contribution < 1.29 is 9.53 Å². The molecule has 0 aliphatic rings. The van der Waals surface area contributed by atoms with Gasteiger partial charge in [0.2, 0.25) is 0 Å². The van der Waals surface area contributed by atoms with Gasteiger partial charge in [-0.1, -0.05) is 27.7 Å². The highest BCUT2D eigenvalue weighted by Crippen LogP contribution is 2.20. The van der Waals surface area contributed by atoms with E-state index in [0.717, 1.165) is 12.4 Å². The number of carbonyl (C=O) groups is 1. The molecule has 1 aromatic rings. The van der Waals surface area contributed by atoms with Crippen LogP contribution in [0.3, 0.4) is 0 Å². The molecule has 1 rings (SSSR count). The summed E-state index contributed by atoms with van der Waals surface area (Å²) in [6.07, 6.45) is 1.56. The van der Waals surface area contributed by atoms with Crippen LogP contribution in [0.5, 0.6) is 0 Å². The third-order valence-electron chi connectivity index (χ3n) is 3.51. The van der Waals surface area contributed by atoms with Crippen LogP contribution < -0.4 is 5.32 Å². The van der Waals surface area contributed by atoms with E-state index >= 15 is 0 Å². The monoisotopic (exact) mass is 278 g/mol. The first-order valence-electron chi connectivity index (χ1n) is 7.32. The zero-order chi connectivity index (χ0) is 15.1. The zero-order valence-electron chi connectivity index (χ0n) is 13.1. The fourth-order valence-electron chi connectivity index (χ4n) is 2.30. The Morgan fingerprint density at radius 1 is 1.25 bits per heavy atom. The second kappa shape index (κ2) is 7.88. The van der Waals surface area contributed by atoms with E-state index in [4.69, 9.17) is 4.74 Å². The average molecular weight is 278 g/mol. The first-order chi connectivity index (χ1) is 9.45. The Kier molecular flexibility index (Phi) is 6.49. The molecule has 4 heteroatoms. The number of nitrogens with zero attached hydrogens (tertiary/aromatic N) is 1. The quantitative estimate of drug-likeness (QED) is 0.774. The summed E-state index contributed by atoms with van der Waals surface area (Å²) < 4.78 is 4.93. The first-order valence-corrected chi connectivity index (χ1v) is 7.32. The normalized spacial score (nSPS) is 11.2. The molecule has 0 unspecified atom stereocenters. The molecule has 1 aromatic heterocycles. The molecule has 112 valence electrons. The van der Waals surface area contributed by atoms with Crippen molar-refractivity contribution in [3.63, 3.8) is 0 Å². The standard InChI is InChI=1S/C16H26N2O2/c1-6-20-16(19)13-7-8-15(17-9-13)18-10-14(11(2)3)12(4)5/h7-9,11-12,14H,6,10H2,1-5H3,(H,17,18). The lowest BCUT2D eigenvalue weighted by Crippen LogP contribution is -2.24. The summed E-state index contributed by atoms with van der Waals surface area (Å²) in [6.45, 7) is 12.0. The minimum Gasteiger partial charge on any atom is -0.462 e. The maximum atomic E-state index is 11.5. The molecular formula is C16H26N2O2. The van der Waals surface area contributed by atoms with Crippen molar-refractivity contribution in [2.45, 2.75) is 34.6 Å². The van der Waals surface area contributed by atoms with Gasteiger partial charge in [-0.15, -0.1) is 0 Å². The Morgan fingerprint density at radius 2 is 1.90 bits per heavy atom. The van der Waals surface area contributed by atoms with Gasteiger partial charge in [-0.2, -0.15) is 0 Å². The van der Waals surface area contributed by atoms with Crippen molar-refractivity contribution in [2.75, 3.05) is 18.5 Å². The van der Waals surface area contributed by atoms with E-state index in [-0.39, 0.29) is 5.97 Å². The average Bonchev–Trinajstić information content (AvgIpc) is 2.39. The lowest BCUT2D eigenvalue weighted by molar-refractivity contribution is 0.0526. The highest BCUT2D eigenvalue weighted by molar-refractivity contribution is 5.89. The number of pyridine rings is 1. The number of rotatable bonds is 7. The molecule has 0 radical (unpaired) electrons. The number of ether oxygens (including phenoxy) is 1. The number of hydrogen-bond acceptors (Lipinski definition) is 4. The van der Waals surface area contributed by atoms with Crippen LogP contribution >= 0.6 is 0 Å². The van der Waals surface area contributed by atoms with Crippen molar-refractivity contribution in [3.8, 4) is 0 Å². The van der Waals surface area contributed by atoms with Gasteiger partial charge in [-0.05, 0) is 36.8 Å². The molecular weight excluding hydrogens is 252 g/mol. The number of aromatic nitrogens is 1. The number of carbonyl (C=O) groups excluding carboxylic acids is 1. The summed E-state index contributed by atoms with van der Waals surface area (Å²) in [6, 6.07) is 3.57. The lowest BCUT2D eigenvalue weighted by Gasteiger charge is -2.25. The molecule has 0 amide bonds. The molecule has 0 saturated carbocycles. The maximum Gasteiger partial charge on any atom is 0.339 e. The van der Waals surface area contributed by atoms with Gasteiger partial charge in [0.05, 0.1) is 12.2 Å². The SMILES string of the molecule is CCOC(=O)c1ccc(NCC(C(C)C)C(C)C)nc1. The van der Waals surface area contributed by atoms with E-state index in [2.05, 4.69) is 38.0 Å². The summed E-state index contributed by atoms with van der Waals surface area (Å²) in [5.41, 5.74) is 0.488. The number of anilines is 1. The van der Waals surface area contributed by atoms with Crippen molar-refractivity contribution in [1.82, 2.24) is 4.98 Å². The molecule has 0 spiro atoms. The van der Waals surface area contributed by atoms with Crippen LogP contribution in [0.4, 0.5) is 5.82 Å². The molecule has 0 atom stereocenters. The van der Waals surface area contributed by atoms with Gasteiger partial charge in [0.15, 0.2) is 0 Å². The van der Waals surface area contributed by atoms with E-state index in [1.807, 2.05) is 6.07 Å². The first kappa shape index (κ1) is 16.5. The molecule has 1 N–H and O–H groups in total. The smallest absolute Gasteiger partial charge is 0.339 e. The number of hydrogen-bond donors (Lipinski definition) is 1. The summed E-state index contributed by atoms with van der Waals surface area (Å²) in [7, 11) is 0. The lowest BCUT2D eigenvalue weighted by atomic mass is 9.85. The van der Waals surface area contributed by atoms with Gasteiger partial charge < -0.3 is 10.1 Å². The summed E-state index contributed by atoms with van der Waals surface area (Å²) in [4.78, 5) is 15.8. The molecule has 0 aliphatic carbocycles. The highest BCUT2D eigenvalue weighted by atomic mass is 16.5. The highest BCUT2D eigenvalue weighted by Gasteiger charge is 2.17. The van der Waals surface area contributed by atoms with Crippen molar-refractivity contribution in [1.29, 1.82) is 0 Å². The molecule has 0 aliphatic heterocycles. The van der Waals surface area contributed by atoms with Gasteiger partial charge in [-0.25, -0.2) is 9.78 Å². The summed E-state index contributed by atoms with van der Waals surface area (Å²) >= 11 is 0. The van der Waals surface area contributed by atoms with Crippen LogP contribution in [-0.4, -0.2) is 24.1 Å². The molecule has 0 fully saturated rings. The van der Waals surface area contributed by atoms with Crippen LogP contribution in [0.2, 0.25) is 0 Å². The summed E-state index contributed by atoms with van der Waals surface area (Å²) in [5.74, 6) is 2.32. The fraction of sp³-hybridized carbons (Fsp3) is 0.625. The minimum absolute atomic E-state index is 0.325. The Balaban J connectivity index is 2.59. The van der Waals surface area contributed by atoms with Crippen LogP contribution in [0, 0.1) is 17.8 Å². The summed E-state index contributed by atoms with van der Waals surface area (Å²) in [5, 5.41) is 3.34. The van der Waals surface area contributed by atoms with E-state index in [1.54, 1.807) is 19.2 Å². The van der Waals surface area contributed by atoms with Crippen molar-refractivity contribution in [2.24, 2.45) is 17.8 Å².